The van der Waals surface area contributed by atoms with E-state index in [1.807, 2.05) is 19.1 Å². The third kappa shape index (κ3) is 3.78. The Labute approximate surface area is 159 Å². The van der Waals surface area contributed by atoms with E-state index in [1.165, 1.54) is 6.07 Å². The van der Waals surface area contributed by atoms with E-state index in [1.54, 1.807) is 19.1 Å². The van der Waals surface area contributed by atoms with Crippen molar-refractivity contribution in [3.8, 4) is 11.3 Å². The molecule has 1 fully saturated rings. The van der Waals surface area contributed by atoms with Crippen LogP contribution in [0.4, 0.5) is 4.39 Å². The summed E-state index contributed by atoms with van der Waals surface area (Å²) < 4.78 is 19.3. The second-order valence-corrected chi connectivity index (χ2v) is 8.01. The Morgan fingerprint density at radius 3 is 2.73 bits per heavy atom. The summed E-state index contributed by atoms with van der Waals surface area (Å²) in [6.07, 6.45) is 2.55. The molecule has 1 aliphatic rings. The Hall–Kier alpha value is -1.49. The second-order valence-electron chi connectivity index (χ2n) is 7.60. The molecule has 0 aliphatic carbocycles. The minimum Gasteiger partial charge on any atom is -0.384 e. The predicted molar refractivity (Wildman–Crippen MR) is 102 cm³/mol. The lowest BCUT2D eigenvalue weighted by Gasteiger charge is -2.35. The highest BCUT2D eigenvalue weighted by atomic mass is 35.5. The SMILES string of the molecule is CCC(C)(O)c1cc(C2(C)CCCOC2)cc(-c2ccc(F)c(Cl)c2)n1. The molecule has 26 heavy (non-hydrogen) atoms. The number of hydrogen-bond donors (Lipinski definition) is 1. The fourth-order valence-electron chi connectivity index (χ4n) is 3.30. The zero-order chi connectivity index (χ0) is 18.9. The van der Waals surface area contributed by atoms with Gasteiger partial charge in [-0.3, -0.25) is 0 Å². The fourth-order valence-corrected chi connectivity index (χ4v) is 3.48. The molecule has 1 aromatic heterocycles. The van der Waals surface area contributed by atoms with Crippen LogP contribution in [0.2, 0.25) is 5.02 Å². The number of pyridine rings is 1. The van der Waals surface area contributed by atoms with Gasteiger partial charge in [-0.25, -0.2) is 9.37 Å². The van der Waals surface area contributed by atoms with Crippen LogP contribution in [0, 0.1) is 5.82 Å². The molecule has 1 aromatic carbocycles. The van der Waals surface area contributed by atoms with Crippen molar-refractivity contribution in [2.24, 2.45) is 0 Å². The maximum absolute atomic E-state index is 13.6. The van der Waals surface area contributed by atoms with Gasteiger partial charge < -0.3 is 9.84 Å². The van der Waals surface area contributed by atoms with Crippen molar-refractivity contribution in [1.82, 2.24) is 4.98 Å². The molecule has 0 radical (unpaired) electrons. The van der Waals surface area contributed by atoms with Crippen LogP contribution in [-0.2, 0) is 15.8 Å². The first-order chi connectivity index (χ1) is 12.2. The largest absolute Gasteiger partial charge is 0.384 e. The zero-order valence-electron chi connectivity index (χ0n) is 15.5. The quantitative estimate of drug-likeness (QED) is 0.793. The van der Waals surface area contributed by atoms with Gasteiger partial charge >= 0.3 is 0 Å². The summed E-state index contributed by atoms with van der Waals surface area (Å²) in [5.41, 5.74) is 1.91. The first-order valence-electron chi connectivity index (χ1n) is 9.04. The third-order valence-corrected chi connectivity index (χ3v) is 5.71. The molecular weight excluding hydrogens is 353 g/mol. The Kier molecular flexibility index (Phi) is 5.38. The standard InChI is InChI=1S/C21H25ClFNO2/c1-4-21(3,25)19-12-15(20(2)8-5-9-26-13-20)11-18(24-19)14-6-7-17(23)16(22)10-14/h6-7,10-12,25H,4-5,8-9,13H2,1-3H3. The highest BCUT2D eigenvalue weighted by molar-refractivity contribution is 6.31. The Bertz CT molecular complexity index is 801. The van der Waals surface area contributed by atoms with Gasteiger partial charge in [0.25, 0.3) is 0 Å². The number of benzene rings is 1. The number of nitrogens with zero attached hydrogens (tertiary/aromatic N) is 1. The lowest BCUT2D eigenvalue weighted by molar-refractivity contribution is 0.0394. The Morgan fingerprint density at radius 1 is 1.35 bits per heavy atom. The summed E-state index contributed by atoms with van der Waals surface area (Å²) in [6.45, 7) is 7.27. The predicted octanol–water partition coefficient (Wildman–Crippen LogP) is 5.23. The molecule has 3 nitrogen and oxygen atoms in total. The van der Waals surface area contributed by atoms with Gasteiger partial charge in [0.1, 0.15) is 11.4 Å². The molecule has 2 unspecified atom stereocenters. The van der Waals surface area contributed by atoms with E-state index >= 15 is 0 Å². The van der Waals surface area contributed by atoms with Crippen LogP contribution in [0.3, 0.4) is 0 Å². The highest BCUT2D eigenvalue weighted by Crippen LogP contribution is 2.37. The van der Waals surface area contributed by atoms with Crippen LogP contribution in [0.1, 0.15) is 51.3 Å². The van der Waals surface area contributed by atoms with Crippen molar-refractivity contribution in [2.75, 3.05) is 13.2 Å². The average Bonchev–Trinajstić information content (AvgIpc) is 2.64. The fraction of sp³-hybridized carbons (Fsp3) is 0.476. The lowest BCUT2D eigenvalue weighted by atomic mass is 9.77. The molecule has 0 saturated carbocycles. The van der Waals surface area contributed by atoms with Crippen molar-refractivity contribution in [3.05, 3.63) is 52.4 Å². The van der Waals surface area contributed by atoms with E-state index < -0.39 is 11.4 Å². The third-order valence-electron chi connectivity index (χ3n) is 5.42. The Balaban J connectivity index is 2.15. The van der Waals surface area contributed by atoms with Crippen molar-refractivity contribution >= 4 is 11.6 Å². The smallest absolute Gasteiger partial charge is 0.141 e. The van der Waals surface area contributed by atoms with Gasteiger partial charge in [-0.15, -0.1) is 0 Å². The van der Waals surface area contributed by atoms with Gasteiger partial charge in [-0.05, 0) is 62.1 Å². The van der Waals surface area contributed by atoms with Crippen LogP contribution >= 0.6 is 11.6 Å². The van der Waals surface area contributed by atoms with Crippen molar-refractivity contribution in [3.63, 3.8) is 0 Å². The number of halogens is 2. The monoisotopic (exact) mass is 377 g/mol. The van der Waals surface area contributed by atoms with Gasteiger partial charge in [-0.1, -0.05) is 25.4 Å². The van der Waals surface area contributed by atoms with Gasteiger partial charge in [-0.2, -0.15) is 0 Å². The summed E-state index contributed by atoms with van der Waals surface area (Å²) in [5.74, 6) is -0.458. The minimum absolute atomic E-state index is 0.0608. The van der Waals surface area contributed by atoms with Crippen LogP contribution in [0.5, 0.6) is 0 Å². The molecular formula is C21H25ClFNO2. The van der Waals surface area contributed by atoms with Crippen LogP contribution < -0.4 is 0 Å². The van der Waals surface area contributed by atoms with Crippen LogP contribution in [0.25, 0.3) is 11.3 Å². The van der Waals surface area contributed by atoms with Crippen LogP contribution in [0.15, 0.2) is 30.3 Å². The second kappa shape index (κ2) is 7.26. The van der Waals surface area contributed by atoms with Crippen molar-refractivity contribution in [1.29, 1.82) is 0 Å². The molecule has 2 aromatic rings. The molecule has 1 aliphatic heterocycles. The zero-order valence-corrected chi connectivity index (χ0v) is 16.2. The average molecular weight is 378 g/mol. The van der Waals surface area contributed by atoms with Gasteiger partial charge in [0.15, 0.2) is 0 Å². The van der Waals surface area contributed by atoms with Gasteiger partial charge in [0.05, 0.1) is 23.0 Å². The molecule has 3 rings (SSSR count). The topological polar surface area (TPSA) is 42.4 Å². The number of ether oxygens (including phenoxy) is 1. The van der Waals surface area contributed by atoms with Gasteiger partial charge in [0.2, 0.25) is 0 Å². The molecule has 140 valence electrons. The van der Waals surface area contributed by atoms with Crippen molar-refractivity contribution in [2.45, 2.75) is 51.0 Å². The maximum atomic E-state index is 13.6. The molecule has 0 bridgehead atoms. The minimum atomic E-state index is -1.04. The first kappa shape index (κ1) is 19.3. The number of hydrogen-bond acceptors (Lipinski definition) is 3. The molecule has 0 spiro atoms. The van der Waals surface area contributed by atoms with E-state index in [9.17, 15) is 9.50 Å². The first-order valence-corrected chi connectivity index (χ1v) is 9.41. The lowest BCUT2D eigenvalue weighted by Crippen LogP contribution is -2.34. The number of aliphatic hydroxyl groups is 1. The van der Waals surface area contributed by atoms with Crippen LogP contribution in [-0.4, -0.2) is 23.3 Å². The maximum Gasteiger partial charge on any atom is 0.141 e. The Morgan fingerprint density at radius 2 is 2.12 bits per heavy atom. The summed E-state index contributed by atoms with van der Waals surface area (Å²) in [6, 6.07) is 8.57. The molecule has 1 saturated heterocycles. The van der Waals surface area contributed by atoms with E-state index in [-0.39, 0.29) is 10.4 Å². The van der Waals surface area contributed by atoms with E-state index in [0.717, 1.165) is 30.6 Å². The molecule has 2 atom stereocenters. The normalized spacial score (nSPS) is 22.8. The number of rotatable bonds is 4. The summed E-state index contributed by atoms with van der Waals surface area (Å²) in [4.78, 5) is 4.67. The molecule has 2 heterocycles. The summed E-state index contributed by atoms with van der Waals surface area (Å²) in [7, 11) is 0. The molecule has 1 N–H and O–H groups in total. The molecule has 0 amide bonds. The number of aromatic nitrogens is 1. The summed E-state index contributed by atoms with van der Waals surface area (Å²) in [5, 5.41) is 10.9. The summed E-state index contributed by atoms with van der Waals surface area (Å²) >= 11 is 5.96. The van der Waals surface area contributed by atoms with E-state index in [0.29, 0.717) is 24.4 Å². The van der Waals surface area contributed by atoms with E-state index in [4.69, 9.17) is 16.3 Å². The van der Waals surface area contributed by atoms with Crippen molar-refractivity contribution < 1.29 is 14.2 Å². The molecule has 5 heteroatoms. The van der Waals surface area contributed by atoms with Gasteiger partial charge in [0, 0.05) is 17.6 Å². The highest BCUT2D eigenvalue weighted by Gasteiger charge is 2.33. The van der Waals surface area contributed by atoms with E-state index in [2.05, 4.69) is 11.9 Å².